The summed E-state index contributed by atoms with van der Waals surface area (Å²) in [5, 5.41) is 0.758. The lowest BCUT2D eigenvalue weighted by atomic mass is 10.1. The minimum Gasteiger partial charge on any atom is -0.353 e. The summed E-state index contributed by atoms with van der Waals surface area (Å²) in [5.74, 6) is 0.942. The summed E-state index contributed by atoms with van der Waals surface area (Å²) in [6.45, 7) is 7.56. The molecular formula is C24H29ClN6O3S. The molecule has 0 aliphatic carbocycles. The Morgan fingerprint density at radius 2 is 1.69 bits per heavy atom. The van der Waals surface area contributed by atoms with Crippen molar-refractivity contribution in [3.63, 3.8) is 0 Å². The van der Waals surface area contributed by atoms with Gasteiger partial charge in [-0.1, -0.05) is 41.6 Å². The molecule has 1 unspecified atom stereocenters. The van der Waals surface area contributed by atoms with Gasteiger partial charge in [-0.25, -0.2) is 9.97 Å². The van der Waals surface area contributed by atoms with Crippen LogP contribution < -0.4 is 4.90 Å². The third kappa shape index (κ3) is 6.24. The van der Waals surface area contributed by atoms with E-state index in [1.54, 1.807) is 22.8 Å². The lowest BCUT2D eigenvalue weighted by Gasteiger charge is -2.40. The number of thioether (sulfide) groups is 1. The standard InChI is InChI=1S/C24H29ClN6O3S/c1-17-15-30(12-13-31(17)23(34)19-6-4-3-5-7-19)21-14-20(25)26-24(27-21)35-16-22(33)29-10-8-28(9-11-29)18(2)32/h3-7,14,17H,8-13,15-16H2,1-2H3. The molecule has 0 saturated carbocycles. The average Bonchev–Trinajstić information content (AvgIpc) is 2.87. The number of benzene rings is 1. The first-order valence-electron chi connectivity index (χ1n) is 11.6. The summed E-state index contributed by atoms with van der Waals surface area (Å²) in [7, 11) is 0. The lowest BCUT2D eigenvalue weighted by molar-refractivity contribution is -0.136. The van der Waals surface area contributed by atoms with E-state index in [1.165, 1.54) is 11.8 Å². The summed E-state index contributed by atoms with van der Waals surface area (Å²) in [6, 6.07) is 11.0. The lowest BCUT2D eigenvalue weighted by Crippen LogP contribution is -2.54. The number of aromatic nitrogens is 2. The molecule has 2 aliphatic heterocycles. The number of rotatable bonds is 5. The Morgan fingerprint density at radius 1 is 1.00 bits per heavy atom. The van der Waals surface area contributed by atoms with E-state index in [9.17, 15) is 14.4 Å². The highest BCUT2D eigenvalue weighted by molar-refractivity contribution is 7.99. The highest BCUT2D eigenvalue weighted by atomic mass is 35.5. The van der Waals surface area contributed by atoms with Gasteiger partial charge in [0.05, 0.1) is 5.75 Å². The molecule has 2 aliphatic rings. The number of nitrogens with zero attached hydrogens (tertiary/aromatic N) is 6. The number of amides is 3. The number of carbonyl (C=O) groups is 3. The molecule has 1 aromatic heterocycles. The van der Waals surface area contributed by atoms with Crippen molar-refractivity contribution in [1.82, 2.24) is 24.7 Å². The van der Waals surface area contributed by atoms with Gasteiger partial charge in [0.2, 0.25) is 11.8 Å². The minimum absolute atomic E-state index is 0.00320. The maximum absolute atomic E-state index is 12.9. The molecule has 2 saturated heterocycles. The fourth-order valence-electron chi connectivity index (χ4n) is 4.31. The van der Waals surface area contributed by atoms with E-state index < -0.39 is 0 Å². The maximum atomic E-state index is 12.9. The summed E-state index contributed by atoms with van der Waals surface area (Å²) in [6.07, 6.45) is 0. The first-order chi connectivity index (χ1) is 16.8. The molecule has 2 aromatic rings. The Hall–Kier alpha value is -2.85. The van der Waals surface area contributed by atoms with Gasteiger partial charge in [-0.2, -0.15) is 0 Å². The van der Waals surface area contributed by atoms with Crippen molar-refractivity contribution in [2.45, 2.75) is 25.0 Å². The van der Waals surface area contributed by atoms with E-state index >= 15 is 0 Å². The molecule has 186 valence electrons. The summed E-state index contributed by atoms with van der Waals surface area (Å²) in [4.78, 5) is 53.4. The zero-order valence-electron chi connectivity index (χ0n) is 19.9. The predicted octanol–water partition coefficient (Wildman–Crippen LogP) is 2.26. The van der Waals surface area contributed by atoms with Crippen LogP contribution >= 0.6 is 23.4 Å². The van der Waals surface area contributed by atoms with E-state index in [4.69, 9.17) is 11.6 Å². The van der Waals surface area contributed by atoms with Crippen LogP contribution in [0, 0.1) is 0 Å². The third-order valence-corrected chi connectivity index (χ3v) is 7.32. The zero-order chi connectivity index (χ0) is 24.9. The molecule has 0 radical (unpaired) electrons. The molecule has 4 rings (SSSR count). The molecule has 0 N–H and O–H groups in total. The average molecular weight is 517 g/mol. The zero-order valence-corrected chi connectivity index (χ0v) is 21.5. The molecule has 1 atom stereocenters. The normalized spacial score (nSPS) is 18.5. The second kappa shape index (κ2) is 11.3. The van der Waals surface area contributed by atoms with E-state index in [0.717, 1.165) is 0 Å². The van der Waals surface area contributed by atoms with Gasteiger partial charge in [-0.05, 0) is 19.1 Å². The Kier molecular flexibility index (Phi) is 8.12. The van der Waals surface area contributed by atoms with Gasteiger partial charge < -0.3 is 19.6 Å². The largest absolute Gasteiger partial charge is 0.353 e. The quantitative estimate of drug-likeness (QED) is 0.342. The molecule has 9 nitrogen and oxygen atoms in total. The van der Waals surface area contributed by atoms with Gasteiger partial charge in [-0.3, -0.25) is 14.4 Å². The first-order valence-corrected chi connectivity index (χ1v) is 13.0. The van der Waals surface area contributed by atoms with Crippen molar-refractivity contribution in [1.29, 1.82) is 0 Å². The van der Waals surface area contributed by atoms with Crippen LogP contribution in [-0.4, -0.2) is 100.0 Å². The van der Waals surface area contributed by atoms with Gasteiger partial charge in [0.15, 0.2) is 5.16 Å². The van der Waals surface area contributed by atoms with E-state index in [1.807, 2.05) is 42.2 Å². The number of hydrogen-bond donors (Lipinski definition) is 0. The molecule has 0 bridgehead atoms. The third-order valence-electron chi connectivity index (χ3n) is 6.30. The molecule has 0 spiro atoms. The van der Waals surface area contributed by atoms with Crippen molar-refractivity contribution in [3.05, 3.63) is 47.1 Å². The van der Waals surface area contributed by atoms with Crippen LogP contribution in [-0.2, 0) is 9.59 Å². The number of anilines is 1. The van der Waals surface area contributed by atoms with E-state index in [-0.39, 0.29) is 29.5 Å². The maximum Gasteiger partial charge on any atom is 0.254 e. The Balaban J connectivity index is 1.34. The number of hydrogen-bond acceptors (Lipinski definition) is 7. The van der Waals surface area contributed by atoms with Crippen LogP contribution in [0.15, 0.2) is 41.6 Å². The first kappa shape index (κ1) is 25.2. The van der Waals surface area contributed by atoms with Crippen LogP contribution in [0.5, 0.6) is 0 Å². The molecule has 3 amide bonds. The molecule has 3 heterocycles. The van der Waals surface area contributed by atoms with Crippen LogP contribution in [0.1, 0.15) is 24.2 Å². The van der Waals surface area contributed by atoms with Crippen LogP contribution in [0.4, 0.5) is 5.82 Å². The van der Waals surface area contributed by atoms with Gasteiger partial charge in [-0.15, -0.1) is 0 Å². The van der Waals surface area contributed by atoms with E-state index in [2.05, 4.69) is 14.9 Å². The highest BCUT2D eigenvalue weighted by Gasteiger charge is 2.29. The summed E-state index contributed by atoms with van der Waals surface area (Å²) in [5.41, 5.74) is 0.684. The SMILES string of the molecule is CC(=O)N1CCN(C(=O)CSc2nc(Cl)cc(N3CCN(C(=O)c4ccccc4)C(C)C3)n2)CC1. The minimum atomic E-state index is -0.00927. The molecule has 35 heavy (non-hydrogen) atoms. The van der Waals surface area contributed by atoms with Crippen LogP contribution in [0.3, 0.4) is 0 Å². The van der Waals surface area contributed by atoms with Gasteiger partial charge in [0.25, 0.3) is 5.91 Å². The van der Waals surface area contributed by atoms with Crippen LogP contribution in [0.25, 0.3) is 0 Å². The number of piperazine rings is 2. The van der Waals surface area contributed by atoms with Crippen molar-refractivity contribution < 1.29 is 14.4 Å². The monoisotopic (exact) mass is 516 g/mol. The smallest absolute Gasteiger partial charge is 0.254 e. The Bertz CT molecular complexity index is 1080. The van der Waals surface area contributed by atoms with Crippen molar-refractivity contribution in [3.8, 4) is 0 Å². The van der Waals surface area contributed by atoms with Gasteiger partial charge in [0, 0.05) is 70.4 Å². The van der Waals surface area contributed by atoms with Crippen LogP contribution in [0.2, 0.25) is 5.15 Å². The number of halogens is 1. The second-order valence-corrected chi connectivity index (χ2v) is 10.00. The fraction of sp³-hybridized carbons (Fsp3) is 0.458. The molecule has 2 fully saturated rings. The summed E-state index contributed by atoms with van der Waals surface area (Å²) >= 11 is 7.54. The predicted molar refractivity (Wildman–Crippen MR) is 136 cm³/mol. The highest BCUT2D eigenvalue weighted by Crippen LogP contribution is 2.25. The van der Waals surface area contributed by atoms with Gasteiger partial charge in [0.1, 0.15) is 11.0 Å². The summed E-state index contributed by atoms with van der Waals surface area (Å²) < 4.78 is 0. The molecular weight excluding hydrogens is 488 g/mol. The fourth-order valence-corrected chi connectivity index (χ4v) is 5.30. The van der Waals surface area contributed by atoms with E-state index in [0.29, 0.717) is 67.5 Å². The number of carbonyl (C=O) groups excluding carboxylic acids is 3. The van der Waals surface area contributed by atoms with Crippen molar-refractivity contribution in [2.75, 3.05) is 56.5 Å². The van der Waals surface area contributed by atoms with Crippen molar-refractivity contribution >= 4 is 46.9 Å². The molecule has 11 heteroatoms. The second-order valence-electron chi connectivity index (χ2n) is 8.67. The van der Waals surface area contributed by atoms with Crippen molar-refractivity contribution in [2.24, 2.45) is 0 Å². The Morgan fingerprint density at radius 3 is 2.34 bits per heavy atom. The molecule has 1 aromatic carbocycles. The van der Waals surface area contributed by atoms with Gasteiger partial charge >= 0.3 is 0 Å². The Labute approximate surface area is 214 Å². The topological polar surface area (TPSA) is 90.0 Å².